The van der Waals surface area contributed by atoms with Gasteiger partial charge in [0.05, 0.1) is 16.7 Å². The average Bonchev–Trinajstić information content (AvgIpc) is 3.48. The van der Waals surface area contributed by atoms with Gasteiger partial charge in [-0.25, -0.2) is 28.3 Å². The summed E-state index contributed by atoms with van der Waals surface area (Å²) in [6, 6.07) is 21.6. The van der Waals surface area contributed by atoms with E-state index in [2.05, 4.69) is 30.9 Å². The van der Waals surface area contributed by atoms with E-state index < -0.39 is 46.6 Å². The number of ketones is 1. The zero-order chi connectivity index (χ0) is 40.1. The first kappa shape index (κ1) is 39.6. The fraction of sp³-hybridized carbons (Fsp3) is 0.244. The molecule has 0 aliphatic heterocycles. The molecule has 1 heterocycles. The van der Waals surface area contributed by atoms with Gasteiger partial charge in [-0.2, -0.15) is 0 Å². The molecule has 0 aliphatic carbocycles. The zero-order valence-electron chi connectivity index (χ0n) is 31.4. The van der Waals surface area contributed by atoms with Gasteiger partial charge in [0.15, 0.2) is 0 Å². The molecule has 2 amide bonds. The van der Waals surface area contributed by atoms with Crippen molar-refractivity contribution in [3.63, 3.8) is 0 Å². The van der Waals surface area contributed by atoms with E-state index in [1.165, 1.54) is 0 Å². The summed E-state index contributed by atoms with van der Waals surface area (Å²) in [7, 11) is 0. The molecule has 0 saturated heterocycles. The van der Waals surface area contributed by atoms with Gasteiger partial charge in [0.1, 0.15) is 40.0 Å². The number of allylic oxidation sites excluding steroid dienone is 1. The van der Waals surface area contributed by atoms with Crippen molar-refractivity contribution in [3.05, 3.63) is 125 Å². The molecule has 1 aromatic heterocycles. The molecule has 0 unspecified atom stereocenters. The number of aliphatic imine (C=N–C) groups is 1. The number of halogens is 2. The van der Waals surface area contributed by atoms with Crippen LogP contribution in [0.5, 0.6) is 0 Å². The van der Waals surface area contributed by atoms with E-state index in [4.69, 9.17) is 9.47 Å². The van der Waals surface area contributed by atoms with Crippen LogP contribution in [0.15, 0.2) is 89.9 Å². The number of alkyl carbamates (subject to hydrolysis) is 2. The number of H-pyrrole nitrogens is 1. The smallest absolute Gasteiger partial charge is 0.414 e. The quantitative estimate of drug-likeness (QED) is 0.0344. The van der Waals surface area contributed by atoms with Crippen molar-refractivity contribution in [3.8, 4) is 0 Å². The van der Waals surface area contributed by atoms with Gasteiger partial charge in [0, 0.05) is 29.4 Å². The minimum Gasteiger partial charge on any atom is -0.506 e. The summed E-state index contributed by atoms with van der Waals surface area (Å²) in [6.45, 7) is 12.4. The maximum absolute atomic E-state index is 14.2. The molecule has 0 saturated carbocycles. The molecule has 0 radical (unpaired) electrons. The summed E-state index contributed by atoms with van der Waals surface area (Å²) in [6.07, 6.45) is -1.62. The minimum absolute atomic E-state index is 0.0126. The third-order valence-corrected chi connectivity index (χ3v) is 7.51. The van der Waals surface area contributed by atoms with Crippen LogP contribution in [0.1, 0.15) is 74.4 Å². The first-order chi connectivity index (χ1) is 25.8. The SMILES string of the molecule is Cc1cccc(C(=O)C(=C(O)c2cc(F)cc(F)c2)c2nc3ccc(NCc4ccc(N=C(NC(=O)OC(C)(C)C)NC(=O)OC(C)(C)C)cc4)cc3[nH]2)c1. The van der Waals surface area contributed by atoms with Crippen LogP contribution in [0.2, 0.25) is 0 Å². The Morgan fingerprint density at radius 2 is 1.42 bits per heavy atom. The lowest BCUT2D eigenvalue weighted by Crippen LogP contribution is -2.47. The normalized spacial score (nSPS) is 12.0. The Bertz CT molecular complexity index is 2250. The van der Waals surface area contributed by atoms with Gasteiger partial charge in [-0.1, -0.05) is 35.9 Å². The number of ether oxygens (including phenoxy) is 2. The molecular weight excluding hydrogens is 710 g/mol. The van der Waals surface area contributed by atoms with Crippen molar-refractivity contribution >= 4 is 57.7 Å². The monoisotopic (exact) mass is 752 g/mol. The number of amides is 2. The topological polar surface area (TPSA) is 167 Å². The molecule has 14 heteroatoms. The van der Waals surface area contributed by atoms with E-state index >= 15 is 0 Å². The first-order valence-electron chi connectivity index (χ1n) is 17.2. The molecule has 5 aromatic rings. The second-order valence-electron chi connectivity index (χ2n) is 14.6. The van der Waals surface area contributed by atoms with Crippen LogP contribution in [0, 0.1) is 18.6 Å². The van der Waals surface area contributed by atoms with Crippen LogP contribution in [0.3, 0.4) is 0 Å². The molecule has 12 nitrogen and oxygen atoms in total. The Kier molecular flexibility index (Phi) is 11.7. The van der Waals surface area contributed by atoms with Gasteiger partial charge in [-0.05, 0) is 103 Å². The Morgan fingerprint density at radius 1 is 0.800 bits per heavy atom. The minimum atomic E-state index is -0.915. The molecule has 5 rings (SSSR count). The molecule has 0 aliphatic rings. The van der Waals surface area contributed by atoms with E-state index in [-0.39, 0.29) is 28.5 Å². The number of aromatic nitrogens is 2. The van der Waals surface area contributed by atoms with Crippen molar-refractivity contribution in [2.75, 3.05) is 5.32 Å². The number of imidazole rings is 1. The number of hydrogen-bond acceptors (Lipinski definition) is 9. The highest BCUT2D eigenvalue weighted by Crippen LogP contribution is 2.30. The Morgan fingerprint density at radius 3 is 2.00 bits per heavy atom. The Hall–Kier alpha value is -6.57. The van der Waals surface area contributed by atoms with E-state index in [9.17, 15) is 28.3 Å². The summed E-state index contributed by atoms with van der Waals surface area (Å²) >= 11 is 0. The van der Waals surface area contributed by atoms with E-state index in [0.717, 1.165) is 23.3 Å². The molecule has 0 atom stereocenters. The van der Waals surface area contributed by atoms with Crippen LogP contribution < -0.4 is 16.0 Å². The van der Waals surface area contributed by atoms with E-state index in [1.807, 2.05) is 25.1 Å². The molecule has 0 spiro atoms. The second-order valence-corrected chi connectivity index (χ2v) is 14.6. The number of guanidine groups is 1. The number of carbonyl (C=O) groups is 3. The number of nitrogens with one attached hydrogen (secondary N) is 4. The van der Waals surface area contributed by atoms with Gasteiger partial charge >= 0.3 is 12.2 Å². The number of benzene rings is 4. The highest BCUT2D eigenvalue weighted by molar-refractivity contribution is 6.33. The molecular formula is C41H42F2N6O6. The van der Waals surface area contributed by atoms with Gasteiger partial charge in [-0.15, -0.1) is 0 Å². The predicted molar refractivity (Wildman–Crippen MR) is 207 cm³/mol. The van der Waals surface area contributed by atoms with Crippen LogP contribution >= 0.6 is 0 Å². The van der Waals surface area contributed by atoms with Crippen LogP contribution in [0.25, 0.3) is 22.4 Å². The number of carbonyl (C=O) groups excluding carboxylic acids is 3. The third-order valence-electron chi connectivity index (χ3n) is 7.51. The highest BCUT2D eigenvalue weighted by Gasteiger charge is 2.25. The number of Topliss-reactive ketones (excluding diaryl/α,β-unsaturated/α-hetero) is 1. The molecule has 55 heavy (non-hydrogen) atoms. The number of hydrogen-bond donors (Lipinski definition) is 5. The average molecular weight is 753 g/mol. The molecule has 4 aromatic carbocycles. The van der Waals surface area contributed by atoms with Crippen LogP contribution in [0.4, 0.5) is 29.7 Å². The second kappa shape index (κ2) is 16.2. The van der Waals surface area contributed by atoms with Crippen LogP contribution in [-0.4, -0.2) is 50.2 Å². The Labute approximate surface area is 316 Å². The molecule has 5 N–H and O–H groups in total. The lowest BCUT2D eigenvalue weighted by molar-refractivity contribution is 0.0545. The van der Waals surface area contributed by atoms with Crippen LogP contribution in [-0.2, 0) is 16.0 Å². The Balaban J connectivity index is 1.36. The molecule has 286 valence electrons. The number of fused-ring (bicyclic) bond motifs is 1. The zero-order valence-corrected chi connectivity index (χ0v) is 31.4. The number of aryl methyl sites for hydroxylation is 1. The lowest BCUT2D eigenvalue weighted by atomic mass is 9.97. The maximum Gasteiger partial charge on any atom is 0.414 e. The van der Waals surface area contributed by atoms with Crippen molar-refractivity contribution in [1.29, 1.82) is 0 Å². The fourth-order valence-corrected chi connectivity index (χ4v) is 5.24. The first-order valence-corrected chi connectivity index (χ1v) is 17.2. The van der Waals surface area contributed by atoms with Crippen molar-refractivity contribution in [2.45, 2.75) is 66.2 Å². The summed E-state index contributed by atoms with van der Waals surface area (Å²) in [5.41, 5.74) is 2.02. The van der Waals surface area contributed by atoms with Gasteiger partial charge < -0.3 is 24.9 Å². The fourth-order valence-electron chi connectivity index (χ4n) is 5.24. The summed E-state index contributed by atoms with van der Waals surface area (Å²) in [4.78, 5) is 50.7. The van der Waals surface area contributed by atoms with E-state index in [1.54, 1.807) is 90.1 Å². The van der Waals surface area contributed by atoms with Crippen molar-refractivity contribution < 1.29 is 37.7 Å². The number of rotatable bonds is 8. The molecule has 0 bridgehead atoms. The van der Waals surface area contributed by atoms with Gasteiger partial charge in [0.2, 0.25) is 11.7 Å². The third kappa shape index (κ3) is 11.2. The number of anilines is 1. The number of nitrogens with zero attached hydrogens (tertiary/aromatic N) is 2. The lowest BCUT2D eigenvalue weighted by Gasteiger charge is -2.22. The maximum atomic E-state index is 14.2. The number of aromatic amines is 1. The van der Waals surface area contributed by atoms with Gasteiger partial charge in [0.25, 0.3) is 0 Å². The highest BCUT2D eigenvalue weighted by atomic mass is 19.1. The predicted octanol–water partition coefficient (Wildman–Crippen LogP) is 9.11. The summed E-state index contributed by atoms with van der Waals surface area (Å²) in [5, 5.41) is 19.5. The van der Waals surface area contributed by atoms with Gasteiger partial charge in [-0.3, -0.25) is 15.4 Å². The summed E-state index contributed by atoms with van der Waals surface area (Å²) < 4.78 is 38.9. The number of aliphatic hydroxyl groups is 1. The standard InChI is InChI=1S/C41H42F2N6O6/c1-23-9-8-10-25(17-23)34(50)33(35(51)26-18-27(42)20-28(43)19-26)36-46-31-16-15-30(21-32(31)47-36)44-22-24-11-13-29(14-12-24)45-37(48-38(52)54-40(2,3)4)49-39(53)55-41(5,6)7/h8-21,44,51H,22H2,1-7H3,(H,46,47)(H2,45,48,49,52,53). The summed E-state index contributed by atoms with van der Waals surface area (Å²) in [5.74, 6) is -3.23. The van der Waals surface area contributed by atoms with Crippen molar-refractivity contribution in [1.82, 2.24) is 20.6 Å². The van der Waals surface area contributed by atoms with Crippen molar-refractivity contribution in [2.24, 2.45) is 4.99 Å². The number of aliphatic hydroxyl groups excluding tert-OH is 1. The molecule has 0 fully saturated rings. The largest absolute Gasteiger partial charge is 0.506 e. The van der Waals surface area contributed by atoms with E-state index in [0.29, 0.717) is 35.0 Å².